The van der Waals surface area contributed by atoms with E-state index in [9.17, 15) is 38.0 Å². The number of nitriles is 1. The van der Waals surface area contributed by atoms with Crippen LogP contribution in [0.1, 0.15) is 84.8 Å². The number of H-pyrrole nitrogens is 1. The number of benzene rings is 4. The van der Waals surface area contributed by atoms with E-state index in [0.717, 1.165) is 29.4 Å². The van der Waals surface area contributed by atoms with Crippen molar-refractivity contribution < 1.29 is 32.8 Å². The highest BCUT2D eigenvalue weighted by atomic mass is 19.1. The number of carbonyl (C=O) groups is 5. The lowest BCUT2D eigenvalue weighted by Gasteiger charge is -2.36. The molecule has 3 aliphatic heterocycles. The maximum atomic E-state index is 13.8. The number of rotatable bonds is 15. The highest BCUT2D eigenvalue weighted by Crippen LogP contribution is 2.28. The predicted molar refractivity (Wildman–Crippen MR) is 246 cm³/mol. The minimum atomic E-state index is -0.656. The zero-order valence-electron chi connectivity index (χ0n) is 36.5. The average molecular weight is 899 g/mol. The molecule has 1 atom stereocenters. The first kappa shape index (κ1) is 45.2. The molecule has 1 unspecified atom stereocenters. The molecule has 5 N–H and O–H groups in total. The fourth-order valence-corrected chi connectivity index (χ4v) is 8.87. The Morgan fingerprint density at radius 3 is 2.14 bits per heavy atom. The van der Waals surface area contributed by atoms with Gasteiger partial charge in [0.05, 0.1) is 22.7 Å². The summed E-state index contributed by atoms with van der Waals surface area (Å²) >= 11 is 0. The van der Waals surface area contributed by atoms with Gasteiger partial charge < -0.3 is 30.7 Å². The summed E-state index contributed by atoms with van der Waals surface area (Å²) in [5, 5.41) is 29.4. The molecule has 0 spiro atoms. The van der Waals surface area contributed by atoms with Gasteiger partial charge in [-0.15, -0.1) is 0 Å². The summed E-state index contributed by atoms with van der Waals surface area (Å²) in [4.78, 5) is 69.5. The SMILES string of the molecule is N#Cc1ccc(C(=O)Nc2n[nH]c3ccc(Cc4cc(F)cc(F)c4)cc23)c(NC2CCN(C(=O)CCCCCC(=O)N3CCN(c4ccc(NC5CCC(=O)NC5=O)cc4)CC3)CC2)c1. The molecule has 342 valence electrons. The van der Waals surface area contributed by atoms with E-state index < -0.39 is 23.6 Å². The van der Waals surface area contributed by atoms with Crippen LogP contribution in [0.15, 0.2) is 78.9 Å². The summed E-state index contributed by atoms with van der Waals surface area (Å²) in [7, 11) is 0. The molecule has 66 heavy (non-hydrogen) atoms. The third kappa shape index (κ3) is 11.3. The summed E-state index contributed by atoms with van der Waals surface area (Å²) in [5.41, 5.74) is 4.96. The van der Waals surface area contributed by atoms with Crippen molar-refractivity contribution in [2.45, 2.75) is 76.3 Å². The van der Waals surface area contributed by atoms with E-state index in [1.165, 1.54) is 12.1 Å². The topological polar surface area (TPSA) is 196 Å². The van der Waals surface area contributed by atoms with E-state index in [4.69, 9.17) is 0 Å². The van der Waals surface area contributed by atoms with Gasteiger partial charge >= 0.3 is 0 Å². The van der Waals surface area contributed by atoms with Crippen LogP contribution in [0, 0.1) is 23.0 Å². The molecule has 3 fully saturated rings. The number of hydrogen-bond donors (Lipinski definition) is 5. The molecule has 0 bridgehead atoms. The first-order chi connectivity index (χ1) is 32.0. The fourth-order valence-electron chi connectivity index (χ4n) is 8.87. The van der Waals surface area contributed by atoms with E-state index in [1.54, 1.807) is 24.3 Å². The normalized spacial score (nSPS) is 16.7. The minimum Gasteiger partial charge on any atom is -0.381 e. The Bertz CT molecular complexity index is 2630. The Balaban J connectivity index is 0.746. The second-order valence-corrected chi connectivity index (χ2v) is 17.2. The monoisotopic (exact) mass is 898 g/mol. The zero-order valence-corrected chi connectivity index (χ0v) is 36.5. The molecular weight excluding hydrogens is 847 g/mol. The van der Waals surface area contributed by atoms with E-state index >= 15 is 0 Å². The third-order valence-corrected chi connectivity index (χ3v) is 12.5. The molecule has 1 aromatic heterocycles. The zero-order chi connectivity index (χ0) is 46.2. The number of aromatic amines is 1. The first-order valence-electron chi connectivity index (χ1n) is 22.5. The Morgan fingerprint density at radius 1 is 0.758 bits per heavy atom. The number of hydrogen-bond acceptors (Lipinski definition) is 10. The number of unbranched alkanes of at least 4 members (excludes halogenated alkanes) is 2. The molecule has 0 radical (unpaired) electrons. The Labute approximate surface area is 380 Å². The Kier molecular flexibility index (Phi) is 14.2. The van der Waals surface area contributed by atoms with Crippen LogP contribution >= 0.6 is 0 Å². The largest absolute Gasteiger partial charge is 0.381 e. The Morgan fingerprint density at radius 2 is 1.45 bits per heavy atom. The molecule has 4 aromatic carbocycles. The number of carbonyl (C=O) groups excluding carboxylic acids is 5. The van der Waals surface area contributed by atoms with Crippen LogP contribution in [0.5, 0.6) is 0 Å². The number of nitrogens with one attached hydrogen (secondary N) is 5. The lowest BCUT2D eigenvalue weighted by Crippen LogP contribution is -2.48. The second-order valence-electron chi connectivity index (χ2n) is 17.2. The standard InChI is InChI=1S/C49H52F2N10O5/c50-34-25-33(26-35(51)29-34)24-31-7-13-41-40(27-31)47(58-57-41)56-48(65)39-12-6-32(30-52)28-43(39)54-37-16-18-60(19-17-37)45(63)4-2-1-3-5-46(64)61-22-20-59(21-23-61)38-10-8-36(9-11-38)53-42-14-15-44(62)55-49(42)66/h6-13,25-29,37,42,53-54H,1-5,14-24H2,(H,55,62,66)(H2,56,57,58,65). The number of likely N-dealkylation sites (tertiary alicyclic amines) is 1. The third-order valence-electron chi connectivity index (χ3n) is 12.5. The lowest BCUT2D eigenvalue weighted by atomic mass is 10.0. The molecule has 4 heterocycles. The van der Waals surface area contributed by atoms with Crippen molar-refractivity contribution in [3.8, 4) is 6.07 Å². The van der Waals surface area contributed by atoms with Crippen molar-refractivity contribution in [2.75, 3.05) is 60.1 Å². The molecule has 0 saturated carbocycles. The number of anilines is 4. The number of halogens is 2. The highest BCUT2D eigenvalue weighted by molar-refractivity contribution is 6.11. The van der Waals surface area contributed by atoms with Gasteiger partial charge in [-0.2, -0.15) is 10.4 Å². The van der Waals surface area contributed by atoms with Crippen molar-refractivity contribution in [2.24, 2.45) is 0 Å². The van der Waals surface area contributed by atoms with Gasteiger partial charge in [0.25, 0.3) is 5.91 Å². The molecular formula is C49H52F2N10O5. The summed E-state index contributed by atoms with van der Waals surface area (Å²) in [6.07, 6.45) is 5.41. The van der Waals surface area contributed by atoms with Crippen molar-refractivity contribution in [1.82, 2.24) is 25.3 Å². The van der Waals surface area contributed by atoms with Crippen molar-refractivity contribution in [3.63, 3.8) is 0 Å². The smallest absolute Gasteiger partial charge is 0.258 e. The highest BCUT2D eigenvalue weighted by Gasteiger charge is 2.28. The Hall–Kier alpha value is -7.35. The second kappa shape index (κ2) is 20.7. The summed E-state index contributed by atoms with van der Waals surface area (Å²) < 4.78 is 27.7. The average Bonchev–Trinajstić information content (AvgIpc) is 3.71. The molecule has 0 aliphatic carbocycles. The van der Waals surface area contributed by atoms with E-state index in [0.29, 0.717) is 124 Å². The number of piperidine rings is 2. The van der Waals surface area contributed by atoms with Crippen LogP contribution in [0.25, 0.3) is 10.9 Å². The molecule has 17 heteroatoms. The lowest BCUT2D eigenvalue weighted by molar-refractivity contribution is -0.134. The number of imide groups is 1. The van der Waals surface area contributed by atoms with E-state index in [2.05, 4.69) is 42.4 Å². The number of piperazine rings is 1. The maximum Gasteiger partial charge on any atom is 0.258 e. The van der Waals surface area contributed by atoms with Crippen LogP contribution < -0.4 is 26.2 Å². The molecule has 3 saturated heterocycles. The molecule has 3 aliphatic rings. The van der Waals surface area contributed by atoms with Gasteiger partial charge in [-0.1, -0.05) is 12.5 Å². The van der Waals surface area contributed by atoms with Gasteiger partial charge in [-0.3, -0.25) is 34.4 Å². The van der Waals surface area contributed by atoms with E-state index in [-0.39, 0.29) is 41.9 Å². The van der Waals surface area contributed by atoms with Gasteiger partial charge in [0.1, 0.15) is 17.7 Å². The van der Waals surface area contributed by atoms with Gasteiger partial charge in [0.2, 0.25) is 23.6 Å². The number of nitrogens with zero attached hydrogens (tertiary/aromatic N) is 5. The molecule has 8 rings (SSSR count). The number of aromatic nitrogens is 2. The van der Waals surface area contributed by atoms with Crippen molar-refractivity contribution in [1.29, 1.82) is 5.26 Å². The molecule has 5 aromatic rings. The quantitative estimate of drug-likeness (QED) is 0.0574. The van der Waals surface area contributed by atoms with Crippen LogP contribution in [0.2, 0.25) is 0 Å². The molecule has 15 nitrogen and oxygen atoms in total. The van der Waals surface area contributed by atoms with Crippen LogP contribution in [0.3, 0.4) is 0 Å². The summed E-state index contributed by atoms with van der Waals surface area (Å²) in [6.45, 7) is 3.79. The van der Waals surface area contributed by atoms with Gasteiger partial charge in [0.15, 0.2) is 5.82 Å². The van der Waals surface area contributed by atoms with Gasteiger partial charge in [-0.25, -0.2) is 8.78 Å². The minimum absolute atomic E-state index is 0.0430. The van der Waals surface area contributed by atoms with Crippen LogP contribution in [0.4, 0.5) is 31.7 Å². The van der Waals surface area contributed by atoms with Gasteiger partial charge in [0, 0.05) is 93.1 Å². The number of amides is 5. The summed E-state index contributed by atoms with van der Waals surface area (Å²) in [6, 6.07) is 23.1. The van der Waals surface area contributed by atoms with Gasteiger partial charge in [-0.05, 0) is 116 Å². The van der Waals surface area contributed by atoms with Crippen molar-refractivity contribution in [3.05, 3.63) is 113 Å². The molecule has 5 amide bonds. The van der Waals surface area contributed by atoms with E-state index in [1.807, 2.05) is 46.2 Å². The van der Waals surface area contributed by atoms with Crippen LogP contribution in [-0.4, -0.2) is 101 Å². The number of fused-ring (bicyclic) bond motifs is 1. The van der Waals surface area contributed by atoms with Crippen molar-refractivity contribution >= 4 is 63.3 Å². The van der Waals surface area contributed by atoms with Crippen LogP contribution in [-0.2, 0) is 25.6 Å². The fraction of sp³-hybridized carbons (Fsp3) is 0.367. The first-order valence-corrected chi connectivity index (χ1v) is 22.5. The predicted octanol–water partition coefficient (Wildman–Crippen LogP) is 6.48. The maximum absolute atomic E-state index is 13.8. The summed E-state index contributed by atoms with van der Waals surface area (Å²) in [5.74, 6) is -1.81.